The van der Waals surface area contributed by atoms with Crippen molar-refractivity contribution in [3.8, 4) is 0 Å². The minimum atomic E-state index is -4.75. The first-order chi connectivity index (χ1) is 12.3. The van der Waals surface area contributed by atoms with Crippen LogP contribution in [0, 0.1) is 0 Å². The van der Waals surface area contributed by atoms with Gasteiger partial charge in [0.25, 0.3) is 5.91 Å². The molecule has 0 aliphatic heterocycles. The van der Waals surface area contributed by atoms with E-state index in [4.69, 9.17) is 11.6 Å². The van der Waals surface area contributed by atoms with E-state index in [9.17, 15) is 22.8 Å². The molecular formula is C18H12ClF3N2O2. The molecule has 1 heterocycles. The van der Waals surface area contributed by atoms with Gasteiger partial charge in [-0.2, -0.15) is 23.0 Å². The molecule has 3 aromatic rings. The maximum absolute atomic E-state index is 13.3. The summed E-state index contributed by atoms with van der Waals surface area (Å²) in [5.74, 6) is -1.00. The molecule has 2 aromatic carbocycles. The number of halogens is 4. The van der Waals surface area contributed by atoms with Crippen LogP contribution in [0.3, 0.4) is 0 Å². The minimum Gasteiger partial charge on any atom is -0.298 e. The number of hydrogen-bond donors (Lipinski definition) is 0. The zero-order valence-corrected chi connectivity index (χ0v) is 14.2. The van der Waals surface area contributed by atoms with Crippen molar-refractivity contribution in [1.82, 2.24) is 9.78 Å². The summed E-state index contributed by atoms with van der Waals surface area (Å²) < 4.78 is 40.8. The predicted octanol–water partition coefficient (Wildman–Crippen LogP) is 4.77. The lowest BCUT2D eigenvalue weighted by Gasteiger charge is -2.13. The average Bonchev–Trinajstić information content (AvgIpc) is 2.98. The van der Waals surface area contributed by atoms with Gasteiger partial charge in [0.1, 0.15) is 6.29 Å². The molecule has 0 unspecified atom stereocenters. The number of hydrogen-bond acceptors (Lipinski definition) is 3. The number of carbonyl (C=O) groups excluding carboxylic acids is 2. The molecule has 26 heavy (non-hydrogen) atoms. The van der Waals surface area contributed by atoms with E-state index in [1.54, 1.807) is 19.1 Å². The molecule has 0 atom stereocenters. The van der Waals surface area contributed by atoms with Crippen LogP contribution in [0.1, 0.15) is 38.9 Å². The molecule has 3 rings (SSSR count). The summed E-state index contributed by atoms with van der Waals surface area (Å²) in [6, 6.07) is 7.73. The Morgan fingerprint density at radius 3 is 2.62 bits per heavy atom. The fourth-order valence-electron chi connectivity index (χ4n) is 2.77. The van der Waals surface area contributed by atoms with E-state index in [2.05, 4.69) is 5.10 Å². The molecule has 0 amide bonds. The van der Waals surface area contributed by atoms with Crippen LogP contribution in [0.2, 0.25) is 5.02 Å². The number of aldehydes is 1. The van der Waals surface area contributed by atoms with Crippen molar-refractivity contribution in [3.63, 3.8) is 0 Å². The van der Waals surface area contributed by atoms with Gasteiger partial charge >= 0.3 is 6.18 Å². The van der Waals surface area contributed by atoms with Gasteiger partial charge in [-0.1, -0.05) is 36.7 Å². The molecule has 0 spiro atoms. The van der Waals surface area contributed by atoms with E-state index in [0.29, 0.717) is 23.8 Å². The number of benzene rings is 2. The minimum absolute atomic E-state index is 0.254. The largest absolute Gasteiger partial charge is 0.417 e. The van der Waals surface area contributed by atoms with Gasteiger partial charge < -0.3 is 0 Å². The summed E-state index contributed by atoms with van der Waals surface area (Å²) in [6.45, 7) is 1.81. The topological polar surface area (TPSA) is 52.0 Å². The summed E-state index contributed by atoms with van der Waals surface area (Å²) in [5.41, 5.74) is -0.742. The second-order valence-corrected chi connectivity index (χ2v) is 5.98. The number of fused-ring (bicyclic) bond motifs is 1. The highest BCUT2D eigenvalue weighted by molar-refractivity contribution is 6.34. The van der Waals surface area contributed by atoms with Gasteiger partial charge in [0.05, 0.1) is 27.4 Å². The maximum atomic E-state index is 13.3. The molecule has 1 aromatic heterocycles. The van der Waals surface area contributed by atoms with Crippen molar-refractivity contribution in [1.29, 1.82) is 0 Å². The van der Waals surface area contributed by atoms with E-state index < -0.39 is 23.2 Å². The Kier molecular flexibility index (Phi) is 4.58. The molecule has 0 aliphatic rings. The summed E-state index contributed by atoms with van der Waals surface area (Å²) in [5, 5.41) is 4.42. The number of rotatable bonds is 3. The number of aromatic nitrogens is 2. The van der Waals surface area contributed by atoms with Gasteiger partial charge in [-0.05, 0) is 24.6 Å². The molecule has 4 nitrogen and oxygen atoms in total. The molecule has 0 radical (unpaired) electrons. The SMILES string of the molecule is CCc1nn(C(=O)c2c(Cl)cccc2C(F)(F)F)c2cc(C=O)ccc12. The number of aryl methyl sites for hydroxylation is 1. The second kappa shape index (κ2) is 6.57. The Morgan fingerprint density at radius 2 is 2.00 bits per heavy atom. The first-order valence-corrected chi connectivity index (χ1v) is 8.03. The molecule has 0 saturated heterocycles. The van der Waals surface area contributed by atoms with Gasteiger partial charge in [0, 0.05) is 10.9 Å². The normalized spacial score (nSPS) is 11.7. The van der Waals surface area contributed by atoms with Crippen LogP contribution < -0.4 is 0 Å². The lowest BCUT2D eigenvalue weighted by Crippen LogP contribution is -2.20. The second-order valence-electron chi connectivity index (χ2n) is 5.57. The fraction of sp³-hybridized carbons (Fsp3) is 0.167. The Balaban J connectivity index is 2.29. The molecule has 8 heteroatoms. The summed E-state index contributed by atoms with van der Waals surface area (Å²) >= 11 is 5.91. The number of alkyl halides is 3. The molecule has 0 bridgehead atoms. The van der Waals surface area contributed by atoms with Crippen LogP contribution in [-0.4, -0.2) is 22.0 Å². The Labute approximate surface area is 151 Å². The highest BCUT2D eigenvalue weighted by Crippen LogP contribution is 2.36. The van der Waals surface area contributed by atoms with Crippen LogP contribution >= 0.6 is 11.6 Å². The summed E-state index contributed by atoms with van der Waals surface area (Å²) in [7, 11) is 0. The molecule has 0 fully saturated rings. The van der Waals surface area contributed by atoms with E-state index in [-0.39, 0.29) is 16.1 Å². The lowest BCUT2D eigenvalue weighted by atomic mass is 10.1. The van der Waals surface area contributed by atoms with Crippen LogP contribution in [-0.2, 0) is 12.6 Å². The third-order valence-electron chi connectivity index (χ3n) is 3.98. The van der Waals surface area contributed by atoms with E-state index in [0.717, 1.165) is 16.8 Å². The molecule has 0 saturated carbocycles. The molecule has 0 N–H and O–H groups in total. The van der Waals surface area contributed by atoms with Crippen LogP contribution in [0.25, 0.3) is 10.9 Å². The molecular weight excluding hydrogens is 369 g/mol. The van der Waals surface area contributed by atoms with Crippen molar-refractivity contribution in [2.24, 2.45) is 0 Å². The van der Waals surface area contributed by atoms with E-state index in [1.165, 1.54) is 12.1 Å². The lowest BCUT2D eigenvalue weighted by molar-refractivity contribution is -0.137. The monoisotopic (exact) mass is 380 g/mol. The highest BCUT2D eigenvalue weighted by Gasteiger charge is 2.37. The van der Waals surface area contributed by atoms with Crippen molar-refractivity contribution < 1.29 is 22.8 Å². The Hall–Kier alpha value is -2.67. The zero-order valence-electron chi connectivity index (χ0n) is 13.5. The summed E-state index contributed by atoms with van der Waals surface area (Å²) in [4.78, 5) is 23.9. The fourth-order valence-corrected chi connectivity index (χ4v) is 3.02. The Bertz CT molecular complexity index is 1030. The van der Waals surface area contributed by atoms with Crippen molar-refractivity contribution in [2.75, 3.05) is 0 Å². The van der Waals surface area contributed by atoms with Gasteiger partial charge in [-0.15, -0.1) is 0 Å². The third-order valence-corrected chi connectivity index (χ3v) is 4.29. The highest BCUT2D eigenvalue weighted by atomic mass is 35.5. The van der Waals surface area contributed by atoms with Crippen molar-refractivity contribution >= 4 is 34.7 Å². The average molecular weight is 381 g/mol. The molecule has 0 aliphatic carbocycles. The Morgan fingerprint density at radius 1 is 1.27 bits per heavy atom. The van der Waals surface area contributed by atoms with Gasteiger partial charge in [-0.25, -0.2) is 0 Å². The number of nitrogens with zero attached hydrogens (tertiary/aromatic N) is 2. The van der Waals surface area contributed by atoms with E-state index in [1.807, 2.05) is 0 Å². The summed E-state index contributed by atoms with van der Waals surface area (Å²) in [6.07, 6.45) is -3.70. The third kappa shape index (κ3) is 2.99. The first kappa shape index (κ1) is 18.1. The van der Waals surface area contributed by atoms with Gasteiger partial charge in [0.15, 0.2) is 0 Å². The van der Waals surface area contributed by atoms with Crippen molar-refractivity contribution in [3.05, 3.63) is 63.8 Å². The van der Waals surface area contributed by atoms with E-state index >= 15 is 0 Å². The van der Waals surface area contributed by atoms with Crippen LogP contribution in [0.4, 0.5) is 13.2 Å². The zero-order chi connectivity index (χ0) is 19.1. The quantitative estimate of drug-likeness (QED) is 0.615. The first-order valence-electron chi connectivity index (χ1n) is 7.65. The number of carbonyl (C=O) groups is 2. The smallest absolute Gasteiger partial charge is 0.298 e. The molecule has 134 valence electrons. The van der Waals surface area contributed by atoms with Crippen molar-refractivity contribution in [2.45, 2.75) is 19.5 Å². The maximum Gasteiger partial charge on any atom is 0.417 e. The standard InChI is InChI=1S/C18H12ClF3N2O2/c1-2-14-11-7-6-10(9-25)8-15(11)24(23-14)17(26)16-12(18(20,21)22)4-3-5-13(16)19/h3-9H,2H2,1H3. The van der Waals surface area contributed by atoms with Crippen LogP contribution in [0.5, 0.6) is 0 Å². The van der Waals surface area contributed by atoms with Gasteiger partial charge in [0.2, 0.25) is 0 Å². The van der Waals surface area contributed by atoms with Gasteiger partial charge in [-0.3, -0.25) is 9.59 Å². The van der Waals surface area contributed by atoms with Crippen LogP contribution in [0.15, 0.2) is 36.4 Å². The predicted molar refractivity (Wildman–Crippen MR) is 90.7 cm³/mol.